The van der Waals surface area contributed by atoms with E-state index in [-0.39, 0.29) is 24.9 Å². The predicted molar refractivity (Wildman–Crippen MR) is 62.9 cm³/mol. The van der Waals surface area contributed by atoms with Gasteiger partial charge in [-0.3, -0.25) is 10.1 Å². The van der Waals surface area contributed by atoms with Crippen LogP contribution in [-0.2, 0) is 6.18 Å². The van der Waals surface area contributed by atoms with Gasteiger partial charge in [0.1, 0.15) is 11.5 Å². The van der Waals surface area contributed by atoms with Crippen molar-refractivity contribution >= 4 is 11.4 Å². The Hall–Kier alpha value is -1.90. The number of aliphatic hydroxyl groups excluding tert-OH is 1. The van der Waals surface area contributed by atoms with Gasteiger partial charge in [-0.05, 0) is 12.8 Å². The second-order valence-corrected chi connectivity index (χ2v) is 3.96. The number of halogens is 4. The average Bonchev–Trinajstić information content (AvgIpc) is 2.32. The molecule has 0 atom stereocenters. The molecule has 0 bridgehead atoms. The molecule has 1 aromatic rings. The van der Waals surface area contributed by atoms with E-state index in [1.54, 1.807) is 0 Å². The number of nitro benzene ring substituents is 1. The van der Waals surface area contributed by atoms with Crippen molar-refractivity contribution in [1.29, 1.82) is 0 Å². The predicted octanol–water partition coefficient (Wildman–Crippen LogP) is 2.94. The molecule has 5 nitrogen and oxygen atoms in total. The second kappa shape index (κ2) is 6.51. The van der Waals surface area contributed by atoms with Crippen molar-refractivity contribution in [1.82, 2.24) is 0 Å². The van der Waals surface area contributed by atoms with Crippen LogP contribution in [0.1, 0.15) is 18.4 Å². The van der Waals surface area contributed by atoms with E-state index in [4.69, 9.17) is 5.11 Å². The number of rotatable bonds is 6. The summed E-state index contributed by atoms with van der Waals surface area (Å²) >= 11 is 0. The Morgan fingerprint density at radius 1 is 1.30 bits per heavy atom. The van der Waals surface area contributed by atoms with Crippen molar-refractivity contribution in [3.63, 3.8) is 0 Å². The zero-order valence-electron chi connectivity index (χ0n) is 10.2. The highest BCUT2D eigenvalue weighted by atomic mass is 19.4. The minimum Gasteiger partial charge on any atom is -0.396 e. The number of nitrogens with one attached hydrogen (secondary N) is 1. The quantitative estimate of drug-likeness (QED) is 0.366. The monoisotopic (exact) mass is 296 g/mol. The number of nitro groups is 1. The minimum atomic E-state index is -5.00. The average molecular weight is 296 g/mol. The van der Waals surface area contributed by atoms with Gasteiger partial charge in [0.15, 0.2) is 0 Å². The van der Waals surface area contributed by atoms with E-state index in [2.05, 4.69) is 5.32 Å². The lowest BCUT2D eigenvalue weighted by atomic mass is 10.1. The Balaban J connectivity index is 3.06. The minimum absolute atomic E-state index is 0.0782. The summed E-state index contributed by atoms with van der Waals surface area (Å²) in [6.45, 7) is 0.0946. The molecular formula is C11H12F4N2O3. The molecule has 112 valence electrons. The number of aliphatic hydroxyl groups is 1. The summed E-state index contributed by atoms with van der Waals surface area (Å²) in [6.07, 6.45) is -4.13. The molecule has 0 aromatic heterocycles. The summed E-state index contributed by atoms with van der Waals surface area (Å²) in [4.78, 5) is 9.73. The largest absolute Gasteiger partial charge is 0.419 e. The zero-order chi connectivity index (χ0) is 15.3. The molecule has 0 aliphatic rings. The first kappa shape index (κ1) is 16.2. The molecule has 0 aliphatic carbocycles. The Bertz CT molecular complexity index is 491. The molecule has 0 saturated heterocycles. The Kier molecular flexibility index (Phi) is 5.26. The van der Waals surface area contributed by atoms with Gasteiger partial charge in [-0.2, -0.15) is 13.2 Å². The van der Waals surface area contributed by atoms with Crippen LogP contribution >= 0.6 is 0 Å². The molecule has 0 aliphatic heterocycles. The van der Waals surface area contributed by atoms with Crippen LogP contribution in [0.4, 0.5) is 28.9 Å². The Labute approximate surface area is 111 Å². The molecule has 0 saturated carbocycles. The molecule has 9 heteroatoms. The fourth-order valence-electron chi connectivity index (χ4n) is 1.53. The fraction of sp³-hybridized carbons (Fsp3) is 0.455. The molecule has 1 aromatic carbocycles. The highest BCUT2D eigenvalue weighted by Gasteiger charge is 2.36. The van der Waals surface area contributed by atoms with Crippen molar-refractivity contribution < 1.29 is 27.6 Å². The lowest BCUT2D eigenvalue weighted by Crippen LogP contribution is -2.11. The van der Waals surface area contributed by atoms with Crippen LogP contribution in [0.5, 0.6) is 0 Å². The molecule has 0 heterocycles. The summed E-state index contributed by atoms with van der Waals surface area (Å²) in [5, 5.41) is 21.8. The van der Waals surface area contributed by atoms with Crippen LogP contribution < -0.4 is 5.32 Å². The van der Waals surface area contributed by atoms with Crippen LogP contribution in [0, 0.1) is 15.9 Å². The molecule has 0 radical (unpaired) electrons. The van der Waals surface area contributed by atoms with Crippen molar-refractivity contribution in [2.45, 2.75) is 19.0 Å². The lowest BCUT2D eigenvalue weighted by Gasteiger charge is -2.11. The number of anilines is 1. The number of alkyl halides is 3. The number of hydrogen-bond donors (Lipinski definition) is 2. The van der Waals surface area contributed by atoms with Gasteiger partial charge in [0.2, 0.25) is 0 Å². The standard InChI is InChI=1S/C11H12F4N2O3/c12-8-6-9(16-3-1-2-4-18)10(17(19)20)5-7(8)11(13,14)15/h5-6,16,18H,1-4H2. The van der Waals surface area contributed by atoms with Crippen molar-refractivity contribution in [2.24, 2.45) is 0 Å². The van der Waals surface area contributed by atoms with E-state index in [1.165, 1.54) is 0 Å². The first-order chi connectivity index (χ1) is 9.27. The summed E-state index contributed by atoms with van der Waals surface area (Å²) in [6, 6.07) is 0.629. The van der Waals surface area contributed by atoms with Crippen molar-refractivity contribution in [2.75, 3.05) is 18.5 Å². The molecule has 0 spiro atoms. The maximum atomic E-state index is 13.3. The maximum Gasteiger partial charge on any atom is 0.419 e. The van der Waals surface area contributed by atoms with E-state index in [1.807, 2.05) is 0 Å². The topological polar surface area (TPSA) is 75.4 Å². The van der Waals surface area contributed by atoms with Gasteiger partial charge in [0.05, 0.1) is 10.5 Å². The first-order valence-electron chi connectivity index (χ1n) is 5.67. The first-order valence-corrected chi connectivity index (χ1v) is 5.67. The highest BCUT2D eigenvalue weighted by molar-refractivity contribution is 5.63. The third kappa shape index (κ3) is 4.05. The third-order valence-corrected chi connectivity index (χ3v) is 2.49. The van der Waals surface area contributed by atoms with Gasteiger partial charge in [-0.15, -0.1) is 0 Å². The molecule has 0 unspecified atom stereocenters. The molecular weight excluding hydrogens is 284 g/mol. The summed E-state index contributed by atoms with van der Waals surface area (Å²) in [5.74, 6) is -1.58. The van der Waals surface area contributed by atoms with Gasteiger partial charge >= 0.3 is 6.18 Å². The number of hydrogen-bond acceptors (Lipinski definition) is 4. The number of nitrogens with zero attached hydrogens (tertiary/aromatic N) is 1. The molecule has 0 amide bonds. The summed E-state index contributed by atoms with van der Waals surface area (Å²) in [5.41, 5.74) is -2.84. The van der Waals surface area contributed by atoms with E-state index in [0.29, 0.717) is 18.9 Å². The van der Waals surface area contributed by atoms with Gasteiger partial charge in [0.25, 0.3) is 5.69 Å². The number of benzene rings is 1. The second-order valence-electron chi connectivity index (χ2n) is 3.96. The smallest absolute Gasteiger partial charge is 0.396 e. The molecule has 1 rings (SSSR count). The Morgan fingerprint density at radius 2 is 1.95 bits per heavy atom. The molecule has 20 heavy (non-hydrogen) atoms. The van der Waals surface area contributed by atoms with Crippen LogP contribution in [-0.4, -0.2) is 23.2 Å². The van der Waals surface area contributed by atoms with Crippen LogP contribution in [0.25, 0.3) is 0 Å². The van der Waals surface area contributed by atoms with Crippen LogP contribution in [0.3, 0.4) is 0 Å². The summed E-state index contributed by atoms with van der Waals surface area (Å²) in [7, 11) is 0. The van der Waals surface area contributed by atoms with Gasteiger partial charge < -0.3 is 10.4 Å². The van der Waals surface area contributed by atoms with E-state index in [9.17, 15) is 27.7 Å². The number of unbranched alkanes of at least 4 members (excludes halogenated alkanes) is 1. The van der Waals surface area contributed by atoms with E-state index >= 15 is 0 Å². The van der Waals surface area contributed by atoms with E-state index in [0.717, 1.165) is 0 Å². The maximum absolute atomic E-state index is 13.3. The summed E-state index contributed by atoms with van der Waals surface area (Å²) < 4.78 is 50.7. The zero-order valence-corrected chi connectivity index (χ0v) is 10.2. The van der Waals surface area contributed by atoms with Gasteiger partial charge in [-0.1, -0.05) is 0 Å². The van der Waals surface area contributed by atoms with Gasteiger partial charge in [-0.25, -0.2) is 4.39 Å². The normalized spacial score (nSPS) is 11.4. The lowest BCUT2D eigenvalue weighted by molar-refractivity contribution is -0.384. The molecule has 0 fully saturated rings. The van der Waals surface area contributed by atoms with Crippen molar-refractivity contribution in [3.05, 3.63) is 33.6 Å². The van der Waals surface area contributed by atoms with E-state index < -0.39 is 28.2 Å². The Morgan fingerprint density at radius 3 is 2.45 bits per heavy atom. The highest BCUT2D eigenvalue weighted by Crippen LogP contribution is 2.37. The van der Waals surface area contributed by atoms with Crippen molar-refractivity contribution in [3.8, 4) is 0 Å². The SMILES string of the molecule is O=[N+]([O-])c1cc(C(F)(F)F)c(F)cc1NCCCCO. The molecule has 2 N–H and O–H groups in total. The van der Waals surface area contributed by atoms with Crippen LogP contribution in [0.15, 0.2) is 12.1 Å². The van der Waals surface area contributed by atoms with Crippen LogP contribution in [0.2, 0.25) is 0 Å². The van der Waals surface area contributed by atoms with Gasteiger partial charge in [0, 0.05) is 25.3 Å². The third-order valence-electron chi connectivity index (χ3n) is 2.49. The fourth-order valence-corrected chi connectivity index (χ4v) is 1.53.